The molecule has 4 aliphatic rings. The molecule has 4 saturated carbocycles. The highest BCUT2D eigenvalue weighted by molar-refractivity contribution is 5.74. The molecule has 0 heterocycles. The number of carbonyl (C=O) groups is 1. The highest BCUT2D eigenvalue weighted by Gasteiger charge is 2.52. The van der Waals surface area contributed by atoms with Gasteiger partial charge in [0.1, 0.15) is 5.60 Å². The lowest BCUT2D eigenvalue weighted by Crippen LogP contribution is -2.52. The number of rotatable bonds is 1. The minimum atomic E-state index is -0.327. The van der Waals surface area contributed by atoms with E-state index in [0.29, 0.717) is 0 Å². The normalized spacial score (nSPS) is 49.4. The molecule has 4 fully saturated rings. The zero-order valence-electron chi connectivity index (χ0n) is 8.50. The quantitative estimate of drug-likeness (QED) is 0.597. The molecule has 0 unspecified atom stereocenters. The Labute approximate surface area is 85.0 Å². The summed E-state index contributed by atoms with van der Waals surface area (Å²) in [5.41, 5.74) is -0.0897. The van der Waals surface area contributed by atoms with Crippen molar-refractivity contribution >= 4 is 5.97 Å². The second kappa shape index (κ2) is 2.74. The first-order valence-corrected chi connectivity index (χ1v) is 5.70. The topological polar surface area (TPSA) is 26.3 Å². The van der Waals surface area contributed by atoms with E-state index < -0.39 is 0 Å². The molecule has 0 amide bonds. The minimum absolute atomic E-state index is 0.0897. The van der Waals surface area contributed by atoms with Gasteiger partial charge in [0, 0.05) is 0 Å². The van der Waals surface area contributed by atoms with Gasteiger partial charge in [-0.25, -0.2) is 0 Å². The van der Waals surface area contributed by atoms with Crippen molar-refractivity contribution in [2.45, 2.75) is 44.1 Å². The maximum atomic E-state index is 11.0. The SMILES string of the molecule is [CH2]C(=O)OC12CC3CC(CC(C3)C1)C2. The first-order chi connectivity index (χ1) is 6.65. The Morgan fingerprint density at radius 2 is 1.50 bits per heavy atom. The molecular weight excluding hydrogens is 176 g/mol. The lowest BCUT2D eigenvalue weighted by molar-refractivity contribution is -0.181. The van der Waals surface area contributed by atoms with Crippen LogP contribution in [0.15, 0.2) is 0 Å². The van der Waals surface area contributed by atoms with Crippen LogP contribution in [0.3, 0.4) is 0 Å². The van der Waals surface area contributed by atoms with Gasteiger partial charge in [0.05, 0.1) is 6.92 Å². The van der Waals surface area contributed by atoms with E-state index in [0.717, 1.165) is 37.0 Å². The fourth-order valence-corrected chi connectivity index (χ4v) is 4.40. The fourth-order valence-electron chi connectivity index (χ4n) is 4.40. The van der Waals surface area contributed by atoms with Crippen molar-refractivity contribution < 1.29 is 9.53 Å². The second-order valence-electron chi connectivity index (χ2n) is 5.57. The third-order valence-electron chi connectivity index (χ3n) is 4.31. The Kier molecular flexibility index (Phi) is 1.71. The Morgan fingerprint density at radius 3 is 1.86 bits per heavy atom. The number of hydrogen-bond acceptors (Lipinski definition) is 2. The van der Waals surface area contributed by atoms with Gasteiger partial charge >= 0.3 is 5.97 Å². The van der Waals surface area contributed by atoms with E-state index in [1.165, 1.54) is 19.3 Å². The molecule has 77 valence electrons. The molecule has 0 atom stereocenters. The van der Waals surface area contributed by atoms with E-state index in [1.807, 2.05) is 0 Å². The van der Waals surface area contributed by atoms with E-state index in [1.54, 1.807) is 0 Å². The summed E-state index contributed by atoms with van der Waals surface area (Å²) in [5.74, 6) is 2.17. The van der Waals surface area contributed by atoms with Crippen molar-refractivity contribution in [3.05, 3.63) is 6.92 Å². The zero-order chi connectivity index (χ0) is 9.76. The fraction of sp³-hybridized carbons (Fsp3) is 0.833. The maximum absolute atomic E-state index is 11.0. The highest BCUT2D eigenvalue weighted by atomic mass is 16.6. The molecule has 4 aliphatic carbocycles. The summed E-state index contributed by atoms with van der Waals surface area (Å²) in [6, 6.07) is 0. The first-order valence-electron chi connectivity index (χ1n) is 5.70. The summed E-state index contributed by atoms with van der Waals surface area (Å²) in [7, 11) is 0. The van der Waals surface area contributed by atoms with Crippen LogP contribution in [0, 0.1) is 24.7 Å². The summed E-state index contributed by atoms with van der Waals surface area (Å²) in [4.78, 5) is 11.0. The second-order valence-corrected chi connectivity index (χ2v) is 5.57. The van der Waals surface area contributed by atoms with Gasteiger partial charge in [-0.3, -0.25) is 4.79 Å². The maximum Gasteiger partial charge on any atom is 0.306 e. The zero-order valence-corrected chi connectivity index (χ0v) is 8.50. The predicted molar refractivity (Wildman–Crippen MR) is 52.4 cm³/mol. The number of carbonyl (C=O) groups excluding carboxylic acids is 1. The van der Waals surface area contributed by atoms with Crippen LogP contribution >= 0.6 is 0 Å². The van der Waals surface area contributed by atoms with Gasteiger partial charge in [-0.15, -0.1) is 0 Å². The molecule has 4 bridgehead atoms. The molecule has 2 heteroatoms. The molecule has 2 nitrogen and oxygen atoms in total. The smallest absolute Gasteiger partial charge is 0.306 e. The summed E-state index contributed by atoms with van der Waals surface area (Å²) < 4.78 is 5.50. The molecule has 0 aromatic carbocycles. The van der Waals surface area contributed by atoms with Gasteiger partial charge in [0.25, 0.3) is 0 Å². The summed E-state index contributed by atoms with van der Waals surface area (Å²) in [6.45, 7) is 3.35. The first kappa shape index (κ1) is 8.75. The molecule has 0 aliphatic heterocycles. The van der Waals surface area contributed by atoms with E-state index in [4.69, 9.17) is 4.74 Å². The van der Waals surface area contributed by atoms with Crippen molar-refractivity contribution in [1.82, 2.24) is 0 Å². The van der Waals surface area contributed by atoms with Crippen LogP contribution < -0.4 is 0 Å². The Bertz CT molecular complexity index is 234. The number of ether oxygens (including phenoxy) is 1. The van der Waals surface area contributed by atoms with Crippen LogP contribution in [0.1, 0.15) is 38.5 Å². The summed E-state index contributed by atoms with van der Waals surface area (Å²) in [5, 5.41) is 0. The largest absolute Gasteiger partial charge is 0.459 e. The van der Waals surface area contributed by atoms with Gasteiger partial charge in [-0.2, -0.15) is 0 Å². The van der Waals surface area contributed by atoms with Gasteiger partial charge in [0.2, 0.25) is 0 Å². The Balaban J connectivity index is 1.83. The van der Waals surface area contributed by atoms with Gasteiger partial charge in [-0.1, -0.05) is 0 Å². The van der Waals surface area contributed by atoms with E-state index in [2.05, 4.69) is 6.92 Å². The molecule has 1 radical (unpaired) electrons. The lowest BCUT2D eigenvalue weighted by Gasteiger charge is -2.55. The monoisotopic (exact) mass is 193 g/mol. The molecular formula is C12H17O2. The van der Waals surface area contributed by atoms with E-state index in [9.17, 15) is 4.79 Å². The molecule has 14 heavy (non-hydrogen) atoms. The molecule has 0 N–H and O–H groups in total. The molecule has 0 aromatic heterocycles. The standard InChI is InChI=1S/C12H17O2/c1-8(13)14-12-5-9-2-10(6-12)4-11(3-9)7-12/h9-11H,1-7H2. The van der Waals surface area contributed by atoms with E-state index >= 15 is 0 Å². The van der Waals surface area contributed by atoms with Crippen molar-refractivity contribution in [2.75, 3.05) is 0 Å². The third kappa shape index (κ3) is 1.27. The van der Waals surface area contributed by atoms with Crippen molar-refractivity contribution in [2.24, 2.45) is 17.8 Å². The Morgan fingerprint density at radius 1 is 1.07 bits per heavy atom. The van der Waals surface area contributed by atoms with Crippen LogP contribution in [0.25, 0.3) is 0 Å². The lowest BCUT2D eigenvalue weighted by atomic mass is 9.54. The van der Waals surface area contributed by atoms with Crippen LogP contribution in [0.2, 0.25) is 0 Å². The number of esters is 1. The van der Waals surface area contributed by atoms with Crippen LogP contribution in [0.4, 0.5) is 0 Å². The molecule has 0 spiro atoms. The minimum Gasteiger partial charge on any atom is -0.459 e. The van der Waals surface area contributed by atoms with Gasteiger partial charge < -0.3 is 4.74 Å². The molecule has 4 rings (SSSR count). The molecule has 0 saturated heterocycles. The predicted octanol–water partition coefficient (Wildman–Crippen LogP) is 2.33. The average molecular weight is 193 g/mol. The average Bonchev–Trinajstić information content (AvgIpc) is 1.96. The van der Waals surface area contributed by atoms with Crippen molar-refractivity contribution in [3.63, 3.8) is 0 Å². The van der Waals surface area contributed by atoms with Gasteiger partial charge in [0.15, 0.2) is 0 Å². The van der Waals surface area contributed by atoms with E-state index in [-0.39, 0.29) is 11.6 Å². The number of hydrogen-bond donors (Lipinski definition) is 0. The van der Waals surface area contributed by atoms with Crippen LogP contribution in [-0.2, 0) is 9.53 Å². The third-order valence-corrected chi connectivity index (χ3v) is 4.31. The summed E-state index contributed by atoms with van der Waals surface area (Å²) in [6.07, 6.45) is 7.48. The van der Waals surface area contributed by atoms with Crippen LogP contribution in [0.5, 0.6) is 0 Å². The highest BCUT2D eigenvalue weighted by Crippen LogP contribution is 2.57. The van der Waals surface area contributed by atoms with Crippen molar-refractivity contribution in [3.8, 4) is 0 Å². The Hall–Kier alpha value is -0.530. The molecule has 0 aromatic rings. The van der Waals surface area contributed by atoms with Crippen molar-refractivity contribution in [1.29, 1.82) is 0 Å². The summed E-state index contributed by atoms with van der Waals surface area (Å²) >= 11 is 0. The van der Waals surface area contributed by atoms with Gasteiger partial charge in [-0.05, 0) is 56.3 Å². The van der Waals surface area contributed by atoms with Crippen LogP contribution in [-0.4, -0.2) is 11.6 Å².